The highest BCUT2D eigenvalue weighted by molar-refractivity contribution is 5.85. The molecule has 21 heavy (non-hydrogen) atoms. The smallest absolute Gasteiger partial charge is 0.243 e. The number of amides is 1. The van der Waals surface area contributed by atoms with E-state index >= 15 is 0 Å². The molecule has 1 aliphatic carbocycles. The van der Waals surface area contributed by atoms with Crippen molar-refractivity contribution in [3.8, 4) is 6.07 Å². The predicted octanol–water partition coefficient (Wildman–Crippen LogP) is 1.92. The van der Waals surface area contributed by atoms with Crippen LogP contribution in [0.25, 0.3) is 0 Å². The van der Waals surface area contributed by atoms with E-state index in [0.717, 1.165) is 38.6 Å². The maximum Gasteiger partial charge on any atom is 0.243 e. The lowest BCUT2D eigenvalue weighted by Crippen LogP contribution is -2.48. The number of hydrogen-bond donors (Lipinski definition) is 0. The van der Waals surface area contributed by atoms with E-state index in [1.165, 1.54) is 6.33 Å². The minimum Gasteiger partial charge on any atom is -0.339 e. The summed E-state index contributed by atoms with van der Waals surface area (Å²) in [5.74, 6) is 0.0366. The van der Waals surface area contributed by atoms with Crippen LogP contribution in [0.1, 0.15) is 51.0 Å². The Labute approximate surface area is 124 Å². The van der Waals surface area contributed by atoms with Crippen LogP contribution in [0.3, 0.4) is 0 Å². The summed E-state index contributed by atoms with van der Waals surface area (Å²) in [7, 11) is 0. The molecule has 1 saturated heterocycles. The van der Waals surface area contributed by atoms with Crippen molar-refractivity contribution in [3.63, 3.8) is 0 Å². The van der Waals surface area contributed by atoms with Crippen molar-refractivity contribution in [2.75, 3.05) is 13.1 Å². The molecule has 1 saturated carbocycles. The van der Waals surface area contributed by atoms with E-state index in [0.29, 0.717) is 19.4 Å². The highest BCUT2D eigenvalue weighted by Crippen LogP contribution is 2.38. The Morgan fingerprint density at radius 1 is 1.29 bits per heavy atom. The fourth-order valence-electron chi connectivity index (χ4n) is 3.59. The first kappa shape index (κ1) is 14.1. The lowest BCUT2D eigenvalue weighted by Gasteiger charge is -2.39. The Morgan fingerprint density at radius 3 is 2.76 bits per heavy atom. The zero-order valence-electron chi connectivity index (χ0n) is 12.2. The van der Waals surface area contributed by atoms with Gasteiger partial charge >= 0.3 is 0 Å². The molecule has 1 aromatic rings. The fraction of sp³-hybridized carbons (Fsp3) is 0.733. The molecule has 3 rings (SSSR count). The van der Waals surface area contributed by atoms with E-state index < -0.39 is 5.41 Å². The van der Waals surface area contributed by atoms with Gasteiger partial charge in [-0.05, 0) is 25.7 Å². The molecule has 0 N–H and O–H groups in total. The molecule has 2 aliphatic rings. The van der Waals surface area contributed by atoms with Gasteiger partial charge in [0.05, 0.1) is 12.1 Å². The quantitative estimate of drug-likeness (QED) is 0.832. The zero-order valence-corrected chi connectivity index (χ0v) is 12.2. The Hall–Kier alpha value is -1.90. The molecule has 0 spiro atoms. The molecule has 1 aromatic heterocycles. The SMILES string of the molecule is N#CC1(C(=O)N2CCCC(n3cncn3)C2)CCCCC1. The second kappa shape index (κ2) is 5.84. The summed E-state index contributed by atoms with van der Waals surface area (Å²) in [5.41, 5.74) is -0.775. The Bertz CT molecular complexity index is 527. The van der Waals surface area contributed by atoms with Gasteiger partial charge in [0.15, 0.2) is 0 Å². The van der Waals surface area contributed by atoms with Gasteiger partial charge in [-0.3, -0.25) is 4.79 Å². The van der Waals surface area contributed by atoms with Gasteiger partial charge in [-0.1, -0.05) is 19.3 Å². The molecular formula is C15H21N5O. The number of aromatic nitrogens is 3. The number of rotatable bonds is 2. The third kappa shape index (κ3) is 2.65. The van der Waals surface area contributed by atoms with E-state index in [9.17, 15) is 10.1 Å². The number of carbonyl (C=O) groups excluding carboxylic acids is 1. The average Bonchev–Trinajstić information content (AvgIpc) is 3.09. The van der Waals surface area contributed by atoms with Crippen molar-refractivity contribution in [1.82, 2.24) is 19.7 Å². The highest BCUT2D eigenvalue weighted by Gasteiger charge is 2.43. The largest absolute Gasteiger partial charge is 0.339 e. The molecular weight excluding hydrogens is 266 g/mol. The van der Waals surface area contributed by atoms with Crippen LogP contribution in [0, 0.1) is 16.7 Å². The van der Waals surface area contributed by atoms with Gasteiger partial charge in [0.1, 0.15) is 18.1 Å². The minimum absolute atomic E-state index is 0.0366. The first-order chi connectivity index (χ1) is 10.2. The lowest BCUT2D eigenvalue weighted by atomic mass is 9.74. The molecule has 0 bridgehead atoms. The standard InChI is InChI=1S/C15H21N5O/c16-10-15(6-2-1-3-7-15)14(21)19-8-4-5-13(9-19)20-12-17-11-18-20/h11-13H,1-9H2. The van der Waals surface area contributed by atoms with Crippen LogP contribution < -0.4 is 0 Å². The molecule has 1 aliphatic heterocycles. The van der Waals surface area contributed by atoms with Crippen molar-refractivity contribution in [2.45, 2.75) is 51.0 Å². The van der Waals surface area contributed by atoms with Crippen LogP contribution in [0.5, 0.6) is 0 Å². The maximum absolute atomic E-state index is 12.9. The average molecular weight is 287 g/mol. The second-order valence-electron chi connectivity index (χ2n) is 6.18. The van der Waals surface area contributed by atoms with Gasteiger partial charge in [0.2, 0.25) is 5.91 Å². The molecule has 1 unspecified atom stereocenters. The number of piperidine rings is 1. The molecule has 2 fully saturated rings. The molecule has 0 aromatic carbocycles. The van der Waals surface area contributed by atoms with E-state index in [-0.39, 0.29) is 11.9 Å². The Morgan fingerprint density at radius 2 is 2.10 bits per heavy atom. The number of carbonyl (C=O) groups is 1. The fourth-order valence-corrected chi connectivity index (χ4v) is 3.59. The van der Waals surface area contributed by atoms with Gasteiger partial charge in [-0.2, -0.15) is 10.4 Å². The van der Waals surface area contributed by atoms with Gasteiger partial charge in [-0.25, -0.2) is 9.67 Å². The number of nitriles is 1. The van der Waals surface area contributed by atoms with Crippen LogP contribution in [0.15, 0.2) is 12.7 Å². The molecule has 6 heteroatoms. The van der Waals surface area contributed by atoms with Crippen LogP contribution in [-0.2, 0) is 4.79 Å². The zero-order chi connectivity index (χ0) is 14.7. The first-order valence-corrected chi connectivity index (χ1v) is 7.80. The third-order valence-corrected chi connectivity index (χ3v) is 4.82. The summed E-state index contributed by atoms with van der Waals surface area (Å²) in [6, 6.07) is 2.52. The van der Waals surface area contributed by atoms with Crippen molar-refractivity contribution < 1.29 is 4.79 Å². The summed E-state index contributed by atoms with van der Waals surface area (Å²) in [6.45, 7) is 1.40. The van der Waals surface area contributed by atoms with Gasteiger partial charge in [0, 0.05) is 13.1 Å². The van der Waals surface area contributed by atoms with Crippen molar-refractivity contribution in [2.24, 2.45) is 5.41 Å². The first-order valence-electron chi connectivity index (χ1n) is 7.80. The molecule has 1 atom stereocenters. The topological polar surface area (TPSA) is 74.8 Å². The van der Waals surface area contributed by atoms with Gasteiger partial charge in [-0.15, -0.1) is 0 Å². The Kier molecular flexibility index (Phi) is 3.91. The summed E-state index contributed by atoms with van der Waals surface area (Å²) in [4.78, 5) is 18.7. The molecule has 6 nitrogen and oxygen atoms in total. The van der Waals surface area contributed by atoms with Crippen molar-refractivity contribution in [1.29, 1.82) is 5.26 Å². The van der Waals surface area contributed by atoms with Gasteiger partial charge < -0.3 is 4.90 Å². The van der Waals surface area contributed by atoms with Crippen molar-refractivity contribution >= 4 is 5.91 Å². The molecule has 1 amide bonds. The summed E-state index contributed by atoms with van der Waals surface area (Å²) in [5, 5.41) is 13.8. The summed E-state index contributed by atoms with van der Waals surface area (Å²) >= 11 is 0. The van der Waals surface area contributed by atoms with Crippen LogP contribution in [0.2, 0.25) is 0 Å². The van der Waals surface area contributed by atoms with E-state index in [4.69, 9.17) is 0 Å². The van der Waals surface area contributed by atoms with E-state index in [1.54, 1.807) is 6.33 Å². The number of nitrogens with zero attached hydrogens (tertiary/aromatic N) is 5. The lowest BCUT2D eigenvalue weighted by molar-refractivity contribution is -0.142. The van der Waals surface area contributed by atoms with Crippen LogP contribution in [0.4, 0.5) is 0 Å². The van der Waals surface area contributed by atoms with E-state index in [2.05, 4.69) is 16.2 Å². The molecule has 112 valence electrons. The normalized spacial score (nSPS) is 25.3. The van der Waals surface area contributed by atoms with E-state index in [1.807, 2.05) is 9.58 Å². The summed E-state index contributed by atoms with van der Waals surface area (Å²) < 4.78 is 1.83. The van der Waals surface area contributed by atoms with Crippen LogP contribution >= 0.6 is 0 Å². The Balaban J connectivity index is 1.73. The highest BCUT2D eigenvalue weighted by atomic mass is 16.2. The third-order valence-electron chi connectivity index (χ3n) is 4.82. The number of likely N-dealkylation sites (tertiary alicyclic amines) is 1. The van der Waals surface area contributed by atoms with Gasteiger partial charge in [0.25, 0.3) is 0 Å². The molecule has 2 heterocycles. The predicted molar refractivity (Wildman–Crippen MR) is 76.0 cm³/mol. The molecule has 0 radical (unpaired) electrons. The van der Waals surface area contributed by atoms with Crippen LogP contribution in [-0.4, -0.2) is 38.7 Å². The second-order valence-corrected chi connectivity index (χ2v) is 6.18. The monoisotopic (exact) mass is 287 g/mol. The van der Waals surface area contributed by atoms with Crippen molar-refractivity contribution in [3.05, 3.63) is 12.7 Å². The minimum atomic E-state index is -0.775. The maximum atomic E-state index is 12.9. The summed E-state index contributed by atoms with van der Waals surface area (Å²) in [6.07, 6.45) is 9.74. The number of hydrogen-bond acceptors (Lipinski definition) is 4.